The van der Waals surface area contributed by atoms with Gasteiger partial charge in [0.2, 0.25) is 0 Å². The number of unbranched alkanes of at least 4 members (excludes halogenated alkanes) is 1. The lowest BCUT2D eigenvalue weighted by atomic mass is 9.93. The first-order chi connectivity index (χ1) is 16.2. The number of aryl methyl sites for hydroxylation is 1. The monoisotopic (exact) mass is 443 g/mol. The number of hydrogen-bond donors (Lipinski definition) is 1. The summed E-state index contributed by atoms with van der Waals surface area (Å²) >= 11 is 0. The highest BCUT2D eigenvalue weighted by Crippen LogP contribution is 2.35. The van der Waals surface area contributed by atoms with Crippen LogP contribution in [0.5, 0.6) is 0 Å². The Morgan fingerprint density at radius 1 is 0.758 bits per heavy atom. The topological polar surface area (TPSA) is 47.0 Å². The molecule has 5 heteroatoms. The van der Waals surface area contributed by atoms with E-state index in [0.29, 0.717) is 12.1 Å². The van der Waals surface area contributed by atoms with E-state index in [1.165, 1.54) is 18.4 Å². The standard InChI is InChI=1S/C28H33N3O2/c32-27-24-13-6-11-23-12-7-14-25(26(23)24)28(33)31(27)21-20-30-18-16-29(17-19-30)15-5-4-10-22-8-2-1-3-9-22/h1-3,6-9,11-14,27,32H,4-5,10,15-21H2. The molecule has 1 unspecified atom stereocenters. The fourth-order valence-corrected chi connectivity index (χ4v) is 5.22. The summed E-state index contributed by atoms with van der Waals surface area (Å²) in [5, 5.41) is 12.9. The predicted molar refractivity (Wildman–Crippen MR) is 132 cm³/mol. The van der Waals surface area contributed by atoms with Gasteiger partial charge in [-0.2, -0.15) is 0 Å². The molecule has 1 atom stereocenters. The van der Waals surface area contributed by atoms with Crippen LogP contribution in [0.15, 0.2) is 66.7 Å². The molecule has 1 saturated heterocycles. The lowest BCUT2D eigenvalue weighted by Crippen LogP contribution is -2.49. The van der Waals surface area contributed by atoms with Gasteiger partial charge in [-0.3, -0.25) is 9.69 Å². The lowest BCUT2D eigenvalue weighted by molar-refractivity contribution is -0.000971. The number of aliphatic hydroxyl groups is 1. The van der Waals surface area contributed by atoms with Crippen molar-refractivity contribution in [1.82, 2.24) is 14.7 Å². The van der Waals surface area contributed by atoms with Crippen molar-refractivity contribution in [3.05, 3.63) is 83.4 Å². The molecule has 2 aliphatic rings. The largest absolute Gasteiger partial charge is 0.369 e. The Morgan fingerprint density at radius 2 is 1.45 bits per heavy atom. The van der Waals surface area contributed by atoms with E-state index in [0.717, 1.165) is 62.0 Å². The van der Waals surface area contributed by atoms with Gasteiger partial charge in [-0.1, -0.05) is 60.7 Å². The minimum Gasteiger partial charge on any atom is -0.369 e. The number of carbonyl (C=O) groups excluding carboxylic acids is 1. The molecule has 0 radical (unpaired) electrons. The van der Waals surface area contributed by atoms with Crippen LogP contribution < -0.4 is 0 Å². The zero-order valence-electron chi connectivity index (χ0n) is 19.2. The minimum absolute atomic E-state index is 0.0659. The van der Waals surface area contributed by atoms with Crippen LogP contribution in [0.1, 0.15) is 40.6 Å². The van der Waals surface area contributed by atoms with Crippen LogP contribution >= 0.6 is 0 Å². The van der Waals surface area contributed by atoms with Crippen LogP contribution in [0.3, 0.4) is 0 Å². The van der Waals surface area contributed by atoms with Gasteiger partial charge < -0.3 is 14.9 Å². The van der Waals surface area contributed by atoms with Gasteiger partial charge >= 0.3 is 0 Å². The van der Waals surface area contributed by atoms with Crippen molar-refractivity contribution >= 4 is 16.7 Å². The molecule has 5 nitrogen and oxygen atoms in total. The maximum absolute atomic E-state index is 13.1. The highest BCUT2D eigenvalue weighted by atomic mass is 16.3. The first-order valence-corrected chi connectivity index (χ1v) is 12.2. The zero-order valence-corrected chi connectivity index (χ0v) is 19.2. The molecular weight excluding hydrogens is 410 g/mol. The van der Waals surface area contributed by atoms with Crippen LogP contribution in [0, 0.1) is 0 Å². The minimum atomic E-state index is -0.873. The number of piperazine rings is 1. The first-order valence-electron chi connectivity index (χ1n) is 12.2. The summed E-state index contributed by atoms with van der Waals surface area (Å²) in [4.78, 5) is 19.7. The van der Waals surface area contributed by atoms with E-state index in [4.69, 9.17) is 0 Å². The van der Waals surface area contributed by atoms with Gasteiger partial charge in [0.25, 0.3) is 5.91 Å². The predicted octanol–water partition coefficient (Wildman–Crippen LogP) is 3.93. The van der Waals surface area contributed by atoms with Gasteiger partial charge in [-0.05, 0) is 42.8 Å². The maximum atomic E-state index is 13.1. The van der Waals surface area contributed by atoms with Crippen LogP contribution in [-0.2, 0) is 6.42 Å². The van der Waals surface area contributed by atoms with Crippen LogP contribution in [0.25, 0.3) is 10.8 Å². The summed E-state index contributed by atoms with van der Waals surface area (Å²) in [6.07, 6.45) is 2.74. The third-order valence-corrected chi connectivity index (χ3v) is 7.16. The van der Waals surface area contributed by atoms with Crippen molar-refractivity contribution in [3.63, 3.8) is 0 Å². The van der Waals surface area contributed by atoms with Crippen molar-refractivity contribution in [2.24, 2.45) is 0 Å². The average Bonchev–Trinajstić information content (AvgIpc) is 2.86. The number of benzene rings is 3. The molecule has 1 amide bonds. The quantitative estimate of drug-likeness (QED) is 0.536. The van der Waals surface area contributed by atoms with E-state index < -0.39 is 6.23 Å². The van der Waals surface area contributed by atoms with Gasteiger partial charge in [0, 0.05) is 55.8 Å². The van der Waals surface area contributed by atoms with Crippen molar-refractivity contribution in [3.8, 4) is 0 Å². The molecule has 2 aliphatic heterocycles. The molecule has 33 heavy (non-hydrogen) atoms. The van der Waals surface area contributed by atoms with E-state index in [2.05, 4.69) is 40.1 Å². The summed E-state index contributed by atoms with van der Waals surface area (Å²) in [7, 11) is 0. The van der Waals surface area contributed by atoms with E-state index in [1.54, 1.807) is 4.90 Å². The Bertz CT molecular complexity index is 1090. The molecular formula is C28H33N3O2. The Labute approximate surface area is 196 Å². The molecule has 1 N–H and O–H groups in total. The van der Waals surface area contributed by atoms with E-state index >= 15 is 0 Å². The Hall–Kier alpha value is -2.73. The number of rotatable bonds is 8. The van der Waals surface area contributed by atoms with Crippen LogP contribution in [-0.4, -0.2) is 71.5 Å². The van der Waals surface area contributed by atoms with Crippen molar-refractivity contribution in [2.45, 2.75) is 25.5 Å². The molecule has 3 aromatic rings. The van der Waals surface area contributed by atoms with E-state index in [-0.39, 0.29) is 5.91 Å². The summed E-state index contributed by atoms with van der Waals surface area (Å²) in [6, 6.07) is 22.4. The van der Waals surface area contributed by atoms with Gasteiger partial charge in [0.15, 0.2) is 6.23 Å². The Balaban J connectivity index is 1.09. The van der Waals surface area contributed by atoms with E-state index in [1.807, 2.05) is 36.4 Å². The second kappa shape index (κ2) is 10.0. The summed E-state index contributed by atoms with van der Waals surface area (Å²) in [6.45, 7) is 6.68. The molecule has 0 saturated carbocycles. The molecule has 1 fully saturated rings. The van der Waals surface area contributed by atoms with Crippen molar-refractivity contribution in [1.29, 1.82) is 0 Å². The highest BCUT2D eigenvalue weighted by molar-refractivity contribution is 6.10. The molecule has 5 rings (SSSR count). The smallest absolute Gasteiger partial charge is 0.256 e. The van der Waals surface area contributed by atoms with Crippen molar-refractivity contribution < 1.29 is 9.90 Å². The Morgan fingerprint density at radius 3 is 2.21 bits per heavy atom. The van der Waals surface area contributed by atoms with Crippen LogP contribution in [0.2, 0.25) is 0 Å². The SMILES string of the molecule is O=C1c2cccc3cccc(c23)C(O)N1CCN1CCN(CCCCc2ccccc2)CC1. The number of carbonyl (C=O) groups is 1. The van der Waals surface area contributed by atoms with Crippen LogP contribution in [0.4, 0.5) is 0 Å². The van der Waals surface area contributed by atoms with Crippen molar-refractivity contribution in [2.75, 3.05) is 45.8 Å². The van der Waals surface area contributed by atoms with Gasteiger partial charge in [0.1, 0.15) is 0 Å². The molecule has 0 aromatic heterocycles. The molecule has 0 bridgehead atoms. The fourth-order valence-electron chi connectivity index (χ4n) is 5.22. The number of nitrogens with zero attached hydrogens (tertiary/aromatic N) is 3. The number of amides is 1. The summed E-state index contributed by atoms with van der Waals surface area (Å²) < 4.78 is 0. The first kappa shape index (κ1) is 22.1. The molecule has 0 aliphatic carbocycles. The highest BCUT2D eigenvalue weighted by Gasteiger charge is 2.32. The number of hydrogen-bond acceptors (Lipinski definition) is 4. The second-order valence-electron chi connectivity index (χ2n) is 9.25. The third-order valence-electron chi connectivity index (χ3n) is 7.16. The zero-order chi connectivity index (χ0) is 22.6. The molecule has 3 aromatic carbocycles. The van der Waals surface area contributed by atoms with E-state index in [9.17, 15) is 9.90 Å². The second-order valence-corrected chi connectivity index (χ2v) is 9.25. The van der Waals surface area contributed by atoms with Gasteiger partial charge in [-0.25, -0.2) is 0 Å². The summed E-state index contributed by atoms with van der Waals surface area (Å²) in [5.41, 5.74) is 2.97. The lowest BCUT2D eigenvalue weighted by Gasteiger charge is -2.38. The molecule has 2 heterocycles. The average molecular weight is 444 g/mol. The normalized spacial score (nSPS) is 19.4. The molecule has 0 spiro atoms. The Kier molecular flexibility index (Phi) is 6.72. The number of aliphatic hydroxyl groups excluding tert-OH is 1. The summed E-state index contributed by atoms with van der Waals surface area (Å²) in [5.74, 6) is -0.0659. The molecule has 172 valence electrons. The fraction of sp³-hybridized carbons (Fsp3) is 0.393. The van der Waals surface area contributed by atoms with Gasteiger partial charge in [-0.15, -0.1) is 0 Å². The third kappa shape index (κ3) is 4.81. The van der Waals surface area contributed by atoms with Gasteiger partial charge in [0.05, 0.1) is 0 Å². The maximum Gasteiger partial charge on any atom is 0.256 e.